The summed E-state index contributed by atoms with van der Waals surface area (Å²) in [6.07, 6.45) is 4.18. The first-order chi connectivity index (χ1) is 8.43. The van der Waals surface area contributed by atoms with Gasteiger partial charge < -0.3 is 4.74 Å². The van der Waals surface area contributed by atoms with Crippen LogP contribution in [0.5, 0.6) is 5.75 Å². The maximum atomic E-state index is 5.48. The van der Waals surface area contributed by atoms with Gasteiger partial charge in [0.15, 0.2) is 0 Å². The van der Waals surface area contributed by atoms with E-state index in [4.69, 9.17) is 4.74 Å². The lowest BCUT2D eigenvalue weighted by molar-refractivity contribution is 0.397. The van der Waals surface area contributed by atoms with Crippen LogP contribution >= 0.6 is 0 Å². The van der Waals surface area contributed by atoms with Gasteiger partial charge in [-0.2, -0.15) is 0 Å². The quantitative estimate of drug-likeness (QED) is 0.660. The van der Waals surface area contributed by atoms with E-state index in [0.29, 0.717) is 5.92 Å². The Morgan fingerprint density at radius 2 is 2.00 bits per heavy atom. The van der Waals surface area contributed by atoms with Crippen LogP contribution in [0.15, 0.2) is 30.9 Å². The lowest BCUT2D eigenvalue weighted by Gasteiger charge is -2.24. The molecule has 0 N–H and O–H groups in total. The minimum Gasteiger partial charge on any atom is -0.496 e. The van der Waals surface area contributed by atoms with Gasteiger partial charge in [-0.05, 0) is 41.4 Å². The molecule has 1 aromatic rings. The van der Waals surface area contributed by atoms with Crippen molar-refractivity contribution in [2.75, 3.05) is 7.11 Å². The van der Waals surface area contributed by atoms with Crippen molar-refractivity contribution in [2.45, 2.75) is 51.9 Å². The fourth-order valence-corrected chi connectivity index (χ4v) is 2.31. The molecule has 100 valence electrons. The summed E-state index contributed by atoms with van der Waals surface area (Å²) >= 11 is 0. The van der Waals surface area contributed by atoms with E-state index >= 15 is 0 Å². The molecule has 0 aliphatic carbocycles. The first-order valence-corrected chi connectivity index (χ1v) is 6.73. The summed E-state index contributed by atoms with van der Waals surface area (Å²) in [4.78, 5) is 0. The molecule has 1 atom stereocenters. The standard InChI is InChI=1S/C17H26O/c1-7-9-13(8-2)14-10-11-16(18-6)15(12-14)17(3,4)5/h7,10-13H,1,8-9H2,2-6H3. The summed E-state index contributed by atoms with van der Waals surface area (Å²) < 4.78 is 5.48. The van der Waals surface area contributed by atoms with Gasteiger partial charge in [0.05, 0.1) is 7.11 Å². The van der Waals surface area contributed by atoms with Crippen molar-refractivity contribution in [1.82, 2.24) is 0 Å². The van der Waals surface area contributed by atoms with E-state index in [-0.39, 0.29) is 5.41 Å². The number of rotatable bonds is 5. The van der Waals surface area contributed by atoms with Gasteiger partial charge >= 0.3 is 0 Å². The van der Waals surface area contributed by atoms with Gasteiger partial charge in [-0.1, -0.05) is 45.9 Å². The van der Waals surface area contributed by atoms with Crippen LogP contribution in [-0.2, 0) is 5.41 Å². The second-order valence-corrected chi connectivity index (χ2v) is 5.84. The van der Waals surface area contributed by atoms with E-state index in [9.17, 15) is 0 Å². The molecule has 0 radical (unpaired) electrons. The molecule has 0 saturated heterocycles. The minimum atomic E-state index is 0.105. The molecule has 0 aliphatic rings. The summed E-state index contributed by atoms with van der Waals surface area (Å²) in [6.45, 7) is 12.8. The zero-order chi connectivity index (χ0) is 13.8. The van der Waals surface area contributed by atoms with Crippen LogP contribution in [0.25, 0.3) is 0 Å². The smallest absolute Gasteiger partial charge is 0.122 e. The van der Waals surface area contributed by atoms with Crippen molar-refractivity contribution >= 4 is 0 Å². The maximum absolute atomic E-state index is 5.48. The van der Waals surface area contributed by atoms with Gasteiger partial charge in [-0.15, -0.1) is 6.58 Å². The molecular formula is C17H26O. The van der Waals surface area contributed by atoms with Gasteiger partial charge in [-0.3, -0.25) is 0 Å². The molecule has 1 aromatic carbocycles. The Bertz CT molecular complexity index is 399. The molecule has 0 saturated carbocycles. The summed E-state index contributed by atoms with van der Waals surface area (Å²) in [5.41, 5.74) is 2.78. The highest BCUT2D eigenvalue weighted by Crippen LogP contribution is 2.35. The van der Waals surface area contributed by atoms with Crippen molar-refractivity contribution in [3.63, 3.8) is 0 Å². The van der Waals surface area contributed by atoms with Gasteiger partial charge in [0.25, 0.3) is 0 Å². The van der Waals surface area contributed by atoms with Gasteiger partial charge in [-0.25, -0.2) is 0 Å². The molecule has 1 nitrogen and oxygen atoms in total. The molecule has 0 fully saturated rings. The topological polar surface area (TPSA) is 9.23 Å². The molecule has 1 rings (SSSR count). The molecule has 1 heteroatoms. The third-order valence-electron chi connectivity index (χ3n) is 3.45. The average Bonchev–Trinajstić information content (AvgIpc) is 2.34. The molecule has 0 aliphatic heterocycles. The molecule has 0 spiro atoms. The lowest BCUT2D eigenvalue weighted by Crippen LogP contribution is -2.14. The highest BCUT2D eigenvalue weighted by molar-refractivity contribution is 5.42. The van der Waals surface area contributed by atoms with E-state index < -0.39 is 0 Å². The second-order valence-electron chi connectivity index (χ2n) is 5.84. The normalized spacial score (nSPS) is 13.2. The van der Waals surface area contributed by atoms with E-state index in [2.05, 4.69) is 52.5 Å². The highest BCUT2D eigenvalue weighted by Gasteiger charge is 2.20. The fourth-order valence-electron chi connectivity index (χ4n) is 2.31. The fraction of sp³-hybridized carbons (Fsp3) is 0.529. The summed E-state index contributed by atoms with van der Waals surface area (Å²) in [5, 5.41) is 0. The van der Waals surface area contributed by atoms with Crippen molar-refractivity contribution < 1.29 is 4.74 Å². The minimum absolute atomic E-state index is 0.105. The molecular weight excluding hydrogens is 220 g/mol. The SMILES string of the molecule is C=CCC(CC)c1ccc(OC)c(C(C)(C)C)c1. The lowest BCUT2D eigenvalue weighted by atomic mass is 9.82. The van der Waals surface area contributed by atoms with E-state index in [1.165, 1.54) is 11.1 Å². The van der Waals surface area contributed by atoms with Crippen LogP contribution < -0.4 is 4.74 Å². The third kappa shape index (κ3) is 3.38. The monoisotopic (exact) mass is 246 g/mol. The second kappa shape index (κ2) is 6.08. The molecule has 1 unspecified atom stereocenters. The number of hydrogen-bond acceptors (Lipinski definition) is 1. The Morgan fingerprint density at radius 3 is 2.44 bits per heavy atom. The number of allylic oxidation sites excluding steroid dienone is 1. The van der Waals surface area contributed by atoms with E-state index in [1.807, 2.05) is 6.08 Å². The van der Waals surface area contributed by atoms with E-state index in [0.717, 1.165) is 18.6 Å². The predicted molar refractivity (Wildman–Crippen MR) is 79.5 cm³/mol. The van der Waals surface area contributed by atoms with Crippen LogP contribution in [0.4, 0.5) is 0 Å². The van der Waals surface area contributed by atoms with Crippen LogP contribution in [-0.4, -0.2) is 7.11 Å². The average molecular weight is 246 g/mol. The Labute approximate surface area is 112 Å². The van der Waals surface area contributed by atoms with Crippen molar-refractivity contribution in [2.24, 2.45) is 0 Å². The highest BCUT2D eigenvalue weighted by atomic mass is 16.5. The first-order valence-electron chi connectivity index (χ1n) is 6.73. The zero-order valence-electron chi connectivity index (χ0n) is 12.4. The summed E-state index contributed by atoms with van der Waals surface area (Å²) in [7, 11) is 1.74. The summed E-state index contributed by atoms with van der Waals surface area (Å²) in [5.74, 6) is 1.55. The van der Waals surface area contributed by atoms with Crippen LogP contribution in [0, 0.1) is 0 Å². The maximum Gasteiger partial charge on any atom is 0.122 e. The van der Waals surface area contributed by atoms with E-state index in [1.54, 1.807) is 7.11 Å². The van der Waals surface area contributed by atoms with Crippen molar-refractivity contribution in [1.29, 1.82) is 0 Å². The number of hydrogen-bond donors (Lipinski definition) is 0. The van der Waals surface area contributed by atoms with Crippen molar-refractivity contribution in [3.05, 3.63) is 42.0 Å². The Hall–Kier alpha value is -1.24. The zero-order valence-corrected chi connectivity index (χ0v) is 12.4. The predicted octanol–water partition coefficient (Wildman–Crippen LogP) is 5.06. The third-order valence-corrected chi connectivity index (χ3v) is 3.45. The van der Waals surface area contributed by atoms with Crippen LogP contribution in [0.1, 0.15) is 57.6 Å². The molecule has 0 bridgehead atoms. The van der Waals surface area contributed by atoms with Crippen molar-refractivity contribution in [3.8, 4) is 5.75 Å². The molecule has 18 heavy (non-hydrogen) atoms. The number of methoxy groups -OCH3 is 1. The molecule has 0 heterocycles. The number of ether oxygens (including phenoxy) is 1. The Morgan fingerprint density at radius 1 is 1.33 bits per heavy atom. The van der Waals surface area contributed by atoms with Gasteiger partial charge in [0.1, 0.15) is 5.75 Å². The molecule has 0 amide bonds. The van der Waals surface area contributed by atoms with Gasteiger partial charge in [0.2, 0.25) is 0 Å². The van der Waals surface area contributed by atoms with Crippen LogP contribution in [0.2, 0.25) is 0 Å². The molecule has 0 aromatic heterocycles. The Kier molecular flexibility index (Phi) is 5.01. The summed E-state index contributed by atoms with van der Waals surface area (Å²) in [6, 6.07) is 6.59. The van der Waals surface area contributed by atoms with Gasteiger partial charge in [0, 0.05) is 0 Å². The largest absolute Gasteiger partial charge is 0.496 e. The first kappa shape index (κ1) is 14.8. The van der Waals surface area contributed by atoms with Crippen LogP contribution in [0.3, 0.4) is 0 Å². The number of benzene rings is 1. The Balaban J connectivity index is 3.21.